The van der Waals surface area contributed by atoms with E-state index < -0.39 is 12.0 Å². The van der Waals surface area contributed by atoms with Gasteiger partial charge in [-0.1, -0.05) is 59.3 Å². The number of hydrogen-bond donors (Lipinski definition) is 1. The molecule has 12 heteroatoms. The number of fused-ring (bicyclic) bond motifs is 1. The number of amides is 1. The molecule has 0 bridgehead atoms. The van der Waals surface area contributed by atoms with Crippen molar-refractivity contribution in [1.82, 2.24) is 4.57 Å². The van der Waals surface area contributed by atoms with E-state index in [4.69, 9.17) is 30.5 Å². The number of thiazole rings is 1. The smallest absolute Gasteiger partial charge is 0.338 e. The average Bonchev–Trinajstić information content (AvgIpc) is 3.34. The van der Waals surface area contributed by atoms with E-state index in [-0.39, 0.29) is 30.3 Å². The number of ether oxygens (including phenoxy) is 4. The molecule has 0 radical (unpaired) electrons. The van der Waals surface area contributed by atoms with E-state index in [1.807, 2.05) is 13.0 Å². The van der Waals surface area contributed by atoms with Crippen LogP contribution in [0.2, 0.25) is 5.02 Å². The second-order valence-corrected chi connectivity index (χ2v) is 11.4. The first-order valence-electron chi connectivity index (χ1n) is 14.5. The summed E-state index contributed by atoms with van der Waals surface area (Å²) in [6.45, 7) is 5.53. The summed E-state index contributed by atoms with van der Waals surface area (Å²) >= 11 is 7.78. The highest BCUT2D eigenvalue weighted by Gasteiger charge is 2.34. The lowest BCUT2D eigenvalue weighted by Crippen LogP contribution is -2.40. The summed E-state index contributed by atoms with van der Waals surface area (Å²) in [5.41, 5.74) is 2.14. The van der Waals surface area contributed by atoms with E-state index >= 15 is 0 Å². The largest absolute Gasteiger partial charge is 0.495 e. The van der Waals surface area contributed by atoms with Gasteiger partial charge in [-0.05, 0) is 68.3 Å². The Bertz CT molecular complexity index is 2000. The quantitative estimate of drug-likeness (QED) is 0.228. The van der Waals surface area contributed by atoms with E-state index in [1.165, 1.54) is 23.0 Å². The lowest BCUT2D eigenvalue weighted by molar-refractivity contribution is -0.139. The maximum absolute atomic E-state index is 14.0. The molecule has 4 aromatic rings. The topological polar surface area (TPSA) is 117 Å². The molecule has 238 valence electrons. The molecule has 1 aliphatic rings. The van der Waals surface area contributed by atoms with Crippen LogP contribution < -0.4 is 34.4 Å². The number of rotatable bonds is 11. The summed E-state index contributed by atoms with van der Waals surface area (Å²) in [5, 5.41) is 3.18. The first-order chi connectivity index (χ1) is 22.2. The van der Waals surface area contributed by atoms with Crippen LogP contribution in [0.1, 0.15) is 37.9 Å². The Morgan fingerprint density at radius 1 is 1.00 bits per heavy atom. The first-order valence-corrected chi connectivity index (χ1v) is 15.7. The van der Waals surface area contributed by atoms with Gasteiger partial charge >= 0.3 is 5.97 Å². The highest BCUT2D eigenvalue weighted by Crippen LogP contribution is 2.34. The highest BCUT2D eigenvalue weighted by atomic mass is 35.5. The number of carbonyl (C=O) groups excluding carboxylic acids is 2. The van der Waals surface area contributed by atoms with Gasteiger partial charge in [-0.2, -0.15) is 0 Å². The SMILES string of the molecule is CCOC(=O)C1=C(C)N=c2s/c(=C/c3ccc(OCC(=O)Nc4ccccc4OC)c(OCC)c3)c(=O)n2[C@@H]1c1ccccc1Cl. The van der Waals surface area contributed by atoms with E-state index in [1.54, 1.807) is 80.6 Å². The number of anilines is 1. The maximum atomic E-state index is 14.0. The van der Waals surface area contributed by atoms with Gasteiger partial charge in [-0.25, -0.2) is 9.79 Å². The normalized spacial score (nSPS) is 14.3. The molecule has 0 fully saturated rings. The molecule has 0 aliphatic carbocycles. The Labute approximate surface area is 274 Å². The zero-order valence-corrected chi connectivity index (χ0v) is 27.2. The number of benzene rings is 3. The minimum Gasteiger partial charge on any atom is -0.495 e. The summed E-state index contributed by atoms with van der Waals surface area (Å²) in [5.74, 6) is 0.373. The van der Waals surface area contributed by atoms with Crippen molar-refractivity contribution in [1.29, 1.82) is 0 Å². The second kappa shape index (κ2) is 14.5. The standard InChI is InChI=1S/C34H32ClN3O7S/c1-5-43-27-17-21(15-16-26(27)45-19-29(39)37-24-13-9-10-14-25(24)42-4)18-28-32(40)38-31(22-11-7-8-12-23(22)35)30(33(41)44-6-2)20(3)36-34(38)46-28/h7-18,31H,5-6,19H2,1-4H3,(H,37,39)/b28-18+/t31-/m1/s1. The van der Waals surface area contributed by atoms with Crippen LogP contribution >= 0.6 is 22.9 Å². The van der Waals surface area contributed by atoms with Gasteiger partial charge in [-0.15, -0.1) is 0 Å². The fourth-order valence-electron chi connectivity index (χ4n) is 5.01. The molecule has 3 aromatic carbocycles. The van der Waals surface area contributed by atoms with Crippen LogP contribution in [0.15, 0.2) is 87.8 Å². The zero-order valence-electron chi connectivity index (χ0n) is 25.7. The molecular weight excluding hydrogens is 630 g/mol. The number of halogens is 1. The van der Waals surface area contributed by atoms with Gasteiger partial charge in [0.25, 0.3) is 11.5 Å². The number of methoxy groups -OCH3 is 1. The van der Waals surface area contributed by atoms with Crippen LogP contribution in [0.4, 0.5) is 5.69 Å². The average molecular weight is 662 g/mol. The Morgan fingerprint density at radius 3 is 2.50 bits per heavy atom. The predicted molar refractivity (Wildman–Crippen MR) is 177 cm³/mol. The van der Waals surface area contributed by atoms with Crippen LogP contribution in [0.25, 0.3) is 6.08 Å². The van der Waals surface area contributed by atoms with Crippen molar-refractivity contribution in [2.45, 2.75) is 26.8 Å². The number of nitrogens with zero attached hydrogens (tertiary/aromatic N) is 2. The van der Waals surface area contributed by atoms with Crippen molar-refractivity contribution < 1.29 is 28.5 Å². The molecule has 1 atom stereocenters. The third kappa shape index (κ3) is 6.85. The summed E-state index contributed by atoms with van der Waals surface area (Å²) in [4.78, 5) is 44.7. The van der Waals surface area contributed by atoms with Crippen LogP contribution in [-0.4, -0.2) is 43.4 Å². The number of nitrogens with one attached hydrogen (secondary N) is 1. The molecule has 10 nitrogen and oxygen atoms in total. The van der Waals surface area contributed by atoms with Gasteiger partial charge in [0.15, 0.2) is 22.9 Å². The Kier molecular flexibility index (Phi) is 10.2. The van der Waals surface area contributed by atoms with Crippen molar-refractivity contribution in [3.63, 3.8) is 0 Å². The Morgan fingerprint density at radius 2 is 1.76 bits per heavy atom. The number of para-hydroxylation sites is 2. The van der Waals surface area contributed by atoms with Gasteiger partial charge in [0.2, 0.25) is 0 Å². The van der Waals surface area contributed by atoms with Crippen LogP contribution in [0, 0.1) is 0 Å². The van der Waals surface area contributed by atoms with Gasteiger partial charge in [0.05, 0.1) is 41.8 Å². The molecule has 1 amide bonds. The van der Waals surface area contributed by atoms with E-state index in [9.17, 15) is 14.4 Å². The minimum absolute atomic E-state index is 0.170. The van der Waals surface area contributed by atoms with Gasteiger partial charge in [-0.3, -0.25) is 14.2 Å². The number of esters is 1. The molecule has 5 rings (SSSR count). The molecule has 0 saturated carbocycles. The van der Waals surface area contributed by atoms with E-state index in [0.717, 1.165) is 0 Å². The van der Waals surface area contributed by atoms with Crippen molar-refractivity contribution >= 4 is 46.6 Å². The number of aromatic nitrogens is 1. The molecule has 0 spiro atoms. The van der Waals surface area contributed by atoms with Gasteiger partial charge in [0.1, 0.15) is 11.8 Å². The number of hydrogen-bond acceptors (Lipinski definition) is 9. The molecule has 1 aromatic heterocycles. The second-order valence-electron chi connectivity index (χ2n) is 10.0. The van der Waals surface area contributed by atoms with E-state index in [2.05, 4.69) is 10.3 Å². The predicted octanol–water partition coefficient (Wildman–Crippen LogP) is 4.88. The molecule has 1 aliphatic heterocycles. The molecule has 1 N–H and O–H groups in total. The van der Waals surface area contributed by atoms with Crippen LogP contribution in [0.3, 0.4) is 0 Å². The fraction of sp³-hybridized carbons (Fsp3) is 0.235. The van der Waals surface area contributed by atoms with Crippen molar-refractivity contribution in [3.8, 4) is 17.2 Å². The molecule has 2 heterocycles. The van der Waals surface area contributed by atoms with Crippen molar-refractivity contribution in [2.24, 2.45) is 4.99 Å². The Balaban J connectivity index is 1.47. The Hall–Kier alpha value is -4.87. The molecule has 0 unspecified atom stereocenters. The summed E-state index contributed by atoms with van der Waals surface area (Å²) in [6, 6.07) is 18.5. The lowest BCUT2D eigenvalue weighted by Gasteiger charge is -2.25. The first kappa shape index (κ1) is 32.5. The highest BCUT2D eigenvalue weighted by molar-refractivity contribution is 7.07. The van der Waals surface area contributed by atoms with Crippen LogP contribution in [-0.2, 0) is 14.3 Å². The third-order valence-electron chi connectivity index (χ3n) is 7.02. The van der Waals surface area contributed by atoms with Crippen LogP contribution in [0.5, 0.6) is 17.2 Å². The van der Waals surface area contributed by atoms with E-state index in [0.29, 0.717) is 60.7 Å². The lowest BCUT2D eigenvalue weighted by atomic mass is 9.96. The fourth-order valence-corrected chi connectivity index (χ4v) is 6.30. The molecule has 0 saturated heterocycles. The summed E-state index contributed by atoms with van der Waals surface area (Å²) in [6.07, 6.45) is 1.72. The zero-order chi connectivity index (χ0) is 32.8. The van der Waals surface area contributed by atoms with Crippen molar-refractivity contribution in [2.75, 3.05) is 32.2 Å². The summed E-state index contributed by atoms with van der Waals surface area (Å²) in [7, 11) is 1.53. The molecule has 46 heavy (non-hydrogen) atoms. The van der Waals surface area contributed by atoms with Gasteiger partial charge in [0, 0.05) is 5.02 Å². The van der Waals surface area contributed by atoms with Crippen molar-refractivity contribution in [3.05, 3.63) is 114 Å². The third-order valence-corrected chi connectivity index (χ3v) is 8.35. The van der Waals surface area contributed by atoms with Gasteiger partial charge < -0.3 is 24.3 Å². The number of carbonyl (C=O) groups is 2. The number of allylic oxidation sites excluding steroid dienone is 1. The molecular formula is C34H32ClN3O7S. The summed E-state index contributed by atoms with van der Waals surface area (Å²) < 4.78 is 24.1. The monoisotopic (exact) mass is 661 g/mol. The maximum Gasteiger partial charge on any atom is 0.338 e. The minimum atomic E-state index is -0.817.